The Morgan fingerprint density at radius 1 is 1.08 bits per heavy atom. The van der Waals surface area contributed by atoms with Crippen LogP contribution < -0.4 is 0 Å². The molecule has 3 aliphatic rings. The normalized spacial score (nSPS) is 21.0. The second kappa shape index (κ2) is 12.9. The first-order chi connectivity index (χ1) is 18.9. The van der Waals surface area contributed by atoms with Crippen molar-refractivity contribution < 1.29 is 27.1 Å². The largest absolute Gasteiger partial charge is 0.379 e. The Kier molecular flexibility index (Phi) is 9.32. The van der Waals surface area contributed by atoms with Crippen LogP contribution >= 0.6 is 0 Å². The van der Waals surface area contributed by atoms with Crippen molar-refractivity contribution in [3.8, 4) is 0 Å². The minimum atomic E-state index is -3.96. The van der Waals surface area contributed by atoms with Gasteiger partial charge in [0.25, 0.3) is 0 Å². The minimum absolute atomic E-state index is 0.00786. The molecule has 1 aromatic carbocycles. The predicted octanol–water partition coefficient (Wildman–Crippen LogP) is 3.03. The van der Waals surface area contributed by atoms with Gasteiger partial charge in [-0.25, -0.2) is 17.8 Å². The molecule has 11 heteroatoms. The van der Waals surface area contributed by atoms with E-state index >= 15 is 0 Å². The van der Waals surface area contributed by atoms with Crippen LogP contribution in [-0.2, 0) is 42.9 Å². The third-order valence-corrected chi connectivity index (χ3v) is 9.63. The molecule has 1 aromatic heterocycles. The second-order valence-corrected chi connectivity index (χ2v) is 12.7. The summed E-state index contributed by atoms with van der Waals surface area (Å²) >= 11 is 0. The molecule has 5 rings (SSSR count). The van der Waals surface area contributed by atoms with E-state index in [-0.39, 0.29) is 35.2 Å². The molecule has 1 amide bonds. The molecular formula is C28H39FN4O5S. The van der Waals surface area contributed by atoms with Gasteiger partial charge in [0.1, 0.15) is 5.82 Å². The van der Waals surface area contributed by atoms with Crippen LogP contribution in [0.15, 0.2) is 35.6 Å². The number of morpholine rings is 1. The second-order valence-electron chi connectivity index (χ2n) is 10.8. The summed E-state index contributed by atoms with van der Waals surface area (Å²) in [6.45, 7) is 5.57. The molecule has 1 saturated carbocycles. The van der Waals surface area contributed by atoms with Crippen molar-refractivity contribution in [2.45, 2.75) is 68.6 Å². The number of hydrogen-bond acceptors (Lipinski definition) is 7. The molecule has 2 saturated heterocycles. The topological polar surface area (TPSA) is 94.0 Å². The van der Waals surface area contributed by atoms with Gasteiger partial charge in [0.05, 0.1) is 50.1 Å². The molecule has 3 fully saturated rings. The maximum atomic E-state index is 14.3. The summed E-state index contributed by atoms with van der Waals surface area (Å²) < 4.78 is 54.4. The molecule has 3 heterocycles. The molecule has 2 aliphatic heterocycles. The van der Waals surface area contributed by atoms with Crippen molar-refractivity contribution in [2.75, 3.05) is 46.0 Å². The first kappa shape index (κ1) is 28.2. The number of imidazole rings is 1. The number of amides is 1. The van der Waals surface area contributed by atoms with E-state index in [1.807, 2.05) is 4.90 Å². The third kappa shape index (κ3) is 7.06. The summed E-state index contributed by atoms with van der Waals surface area (Å²) in [5.74, 6) is -0.909. The van der Waals surface area contributed by atoms with Crippen LogP contribution in [0.4, 0.5) is 4.39 Å². The average Bonchev–Trinajstić information content (AvgIpc) is 3.72. The van der Waals surface area contributed by atoms with Crippen molar-refractivity contribution in [3.63, 3.8) is 0 Å². The van der Waals surface area contributed by atoms with Gasteiger partial charge in [-0.15, -0.1) is 0 Å². The fourth-order valence-electron chi connectivity index (χ4n) is 5.82. The van der Waals surface area contributed by atoms with Gasteiger partial charge < -0.3 is 18.9 Å². The third-order valence-electron chi connectivity index (χ3n) is 8.05. The van der Waals surface area contributed by atoms with Crippen LogP contribution in [0.5, 0.6) is 0 Å². The summed E-state index contributed by atoms with van der Waals surface area (Å²) in [5, 5.41) is -0.0994. The van der Waals surface area contributed by atoms with E-state index in [0.29, 0.717) is 38.6 Å². The van der Waals surface area contributed by atoms with Crippen molar-refractivity contribution >= 4 is 15.7 Å². The zero-order valence-electron chi connectivity index (χ0n) is 22.5. The highest BCUT2D eigenvalue weighted by molar-refractivity contribution is 7.90. The Morgan fingerprint density at radius 3 is 2.56 bits per heavy atom. The number of aromatic nitrogens is 2. The fraction of sp³-hybridized carbons (Fsp3) is 0.643. The van der Waals surface area contributed by atoms with E-state index in [2.05, 4.69) is 9.88 Å². The Morgan fingerprint density at radius 2 is 1.85 bits per heavy atom. The lowest BCUT2D eigenvalue weighted by atomic mass is 10.1. The van der Waals surface area contributed by atoms with Gasteiger partial charge >= 0.3 is 0 Å². The van der Waals surface area contributed by atoms with Crippen LogP contribution in [0.2, 0.25) is 0 Å². The van der Waals surface area contributed by atoms with E-state index in [0.717, 1.165) is 58.2 Å². The number of sulfone groups is 1. The maximum Gasteiger partial charge on any atom is 0.228 e. The number of ether oxygens (including phenoxy) is 2. The number of nitrogens with zero attached hydrogens (tertiary/aromatic N) is 4. The van der Waals surface area contributed by atoms with Crippen molar-refractivity contribution in [2.24, 2.45) is 5.92 Å². The molecule has 0 bridgehead atoms. The Bertz CT molecular complexity index is 1220. The quantitative estimate of drug-likeness (QED) is 0.416. The lowest BCUT2D eigenvalue weighted by Crippen LogP contribution is -2.44. The van der Waals surface area contributed by atoms with Crippen molar-refractivity contribution in [3.05, 3.63) is 47.5 Å². The molecule has 9 nitrogen and oxygen atoms in total. The van der Waals surface area contributed by atoms with Gasteiger partial charge in [-0.3, -0.25) is 9.69 Å². The number of benzene rings is 1. The van der Waals surface area contributed by atoms with E-state index < -0.39 is 21.4 Å². The van der Waals surface area contributed by atoms with Crippen LogP contribution in [-0.4, -0.2) is 85.8 Å². The smallest absolute Gasteiger partial charge is 0.228 e. The van der Waals surface area contributed by atoms with Crippen molar-refractivity contribution in [1.82, 2.24) is 19.4 Å². The Balaban J connectivity index is 1.41. The number of hydrogen-bond donors (Lipinski definition) is 0. The lowest BCUT2D eigenvalue weighted by Gasteiger charge is -2.31. The van der Waals surface area contributed by atoms with Gasteiger partial charge in [-0.2, -0.15) is 0 Å². The van der Waals surface area contributed by atoms with Gasteiger partial charge in [0.2, 0.25) is 20.9 Å². The molecule has 0 unspecified atom stereocenters. The highest BCUT2D eigenvalue weighted by Gasteiger charge is 2.31. The highest BCUT2D eigenvalue weighted by atomic mass is 32.2. The Hall–Kier alpha value is -2.34. The standard InChI is InChI=1S/C28H39FN4O5S/c29-26-10-4-3-8-23(26)21-39(35,36)28-30-18-24(33(28)20-25-9-5-15-38-25)19-32(27(34)22-6-1-2-7-22)12-11-31-13-16-37-17-14-31/h3-4,8,10,18,22,25H,1-2,5-7,9,11-17,19-21H2/t25-/m0/s1. The molecule has 39 heavy (non-hydrogen) atoms. The highest BCUT2D eigenvalue weighted by Crippen LogP contribution is 2.28. The molecule has 0 N–H and O–H groups in total. The van der Waals surface area contributed by atoms with Gasteiger partial charge in [-0.05, 0) is 31.7 Å². The van der Waals surface area contributed by atoms with Gasteiger partial charge in [-0.1, -0.05) is 31.0 Å². The first-order valence-corrected chi connectivity index (χ1v) is 15.8. The summed E-state index contributed by atoms with van der Waals surface area (Å²) in [5.41, 5.74) is 0.764. The van der Waals surface area contributed by atoms with Gasteiger partial charge in [0.15, 0.2) is 0 Å². The van der Waals surface area contributed by atoms with Crippen molar-refractivity contribution in [1.29, 1.82) is 0 Å². The SMILES string of the molecule is O=C(C1CCCC1)N(CCN1CCOCC1)Cc1cnc(S(=O)(=O)Cc2ccccc2F)n1C[C@@H]1CCCO1. The molecule has 1 aliphatic carbocycles. The summed E-state index contributed by atoms with van der Waals surface area (Å²) in [4.78, 5) is 22.2. The van der Waals surface area contributed by atoms with E-state index in [9.17, 15) is 17.6 Å². The monoisotopic (exact) mass is 562 g/mol. The van der Waals surface area contributed by atoms with Crippen LogP contribution in [0.25, 0.3) is 0 Å². The molecule has 1 atom stereocenters. The summed E-state index contributed by atoms with van der Waals surface area (Å²) in [6.07, 6.45) is 7.07. The van der Waals surface area contributed by atoms with Crippen LogP contribution in [0.1, 0.15) is 49.8 Å². The zero-order valence-corrected chi connectivity index (χ0v) is 23.3. The first-order valence-electron chi connectivity index (χ1n) is 14.1. The molecular weight excluding hydrogens is 523 g/mol. The fourth-order valence-corrected chi connectivity index (χ4v) is 7.33. The number of rotatable bonds is 11. The molecule has 0 radical (unpaired) electrons. The number of carbonyl (C=O) groups is 1. The molecule has 0 spiro atoms. The lowest BCUT2D eigenvalue weighted by molar-refractivity contribution is -0.136. The zero-order chi connectivity index (χ0) is 27.2. The van der Waals surface area contributed by atoms with E-state index in [4.69, 9.17) is 9.47 Å². The summed E-state index contributed by atoms with van der Waals surface area (Å²) in [6, 6.07) is 5.90. The predicted molar refractivity (Wildman–Crippen MR) is 143 cm³/mol. The Labute approximate surface area is 230 Å². The number of halogens is 1. The average molecular weight is 563 g/mol. The van der Waals surface area contributed by atoms with E-state index in [1.165, 1.54) is 18.2 Å². The minimum Gasteiger partial charge on any atom is -0.379 e. The maximum absolute atomic E-state index is 14.3. The number of carbonyl (C=O) groups excluding carboxylic acids is 1. The van der Waals surface area contributed by atoms with Crippen LogP contribution in [0.3, 0.4) is 0 Å². The van der Waals surface area contributed by atoms with Gasteiger partial charge in [0, 0.05) is 44.3 Å². The molecule has 214 valence electrons. The molecule has 2 aromatic rings. The van der Waals surface area contributed by atoms with E-state index in [1.54, 1.807) is 16.8 Å². The van der Waals surface area contributed by atoms with Crippen LogP contribution in [0, 0.1) is 11.7 Å². The summed E-state index contributed by atoms with van der Waals surface area (Å²) in [7, 11) is -3.96.